The molecule has 0 spiro atoms. The van der Waals surface area contributed by atoms with E-state index >= 15 is 0 Å². The van der Waals surface area contributed by atoms with Gasteiger partial charge in [-0.25, -0.2) is 0 Å². The van der Waals surface area contributed by atoms with Crippen LogP contribution < -0.4 is 10.1 Å². The molecule has 2 rings (SSSR count). The third kappa shape index (κ3) is 5.04. The van der Waals surface area contributed by atoms with Crippen LogP contribution in [0.15, 0.2) is 42.5 Å². The smallest absolute Gasteiger partial charge is 0.310 e. The summed E-state index contributed by atoms with van der Waals surface area (Å²) in [5.74, 6) is -0.905. The zero-order chi connectivity index (χ0) is 19.1. The summed E-state index contributed by atoms with van der Waals surface area (Å²) in [4.78, 5) is 34.1. The van der Waals surface area contributed by atoms with Gasteiger partial charge in [0.1, 0.15) is 5.75 Å². The van der Waals surface area contributed by atoms with Crippen LogP contribution in [0.2, 0.25) is 0 Å². The maximum absolute atomic E-state index is 12.0. The summed E-state index contributed by atoms with van der Waals surface area (Å²) >= 11 is 0. The molecule has 2 aromatic rings. The molecule has 0 unspecified atom stereocenters. The number of esters is 1. The molecule has 0 atom stereocenters. The Balaban J connectivity index is 1.94. The quantitative estimate of drug-likeness (QED) is 0.463. The molecule has 1 amide bonds. The monoisotopic (exact) mass is 358 g/mol. The number of rotatable bonds is 7. The summed E-state index contributed by atoms with van der Waals surface area (Å²) in [6.07, 6.45) is 0.0556. The highest BCUT2D eigenvalue weighted by Gasteiger charge is 2.15. The second-order valence-electron chi connectivity index (χ2n) is 5.45. The number of aryl methyl sites for hydroxylation is 1. The molecule has 0 fully saturated rings. The minimum atomic E-state index is -0.623. The van der Waals surface area contributed by atoms with Crippen molar-refractivity contribution in [3.8, 4) is 5.75 Å². The molecule has 0 aliphatic heterocycles. The molecule has 0 saturated heterocycles. The molecule has 0 saturated carbocycles. The Morgan fingerprint density at radius 1 is 1.19 bits per heavy atom. The first kappa shape index (κ1) is 18.9. The number of nitrogens with zero attached hydrogens (tertiary/aromatic N) is 1. The fraction of sp³-hybridized carbons (Fsp3) is 0.222. The summed E-state index contributed by atoms with van der Waals surface area (Å²) in [5.41, 5.74) is 1.70. The first-order valence-corrected chi connectivity index (χ1v) is 7.73. The molecule has 136 valence electrons. The number of hydrogen-bond acceptors (Lipinski definition) is 6. The van der Waals surface area contributed by atoms with Gasteiger partial charge in [-0.05, 0) is 24.1 Å². The predicted octanol–water partition coefficient (Wildman–Crippen LogP) is 2.64. The summed E-state index contributed by atoms with van der Waals surface area (Å²) in [7, 11) is 1.37. The van der Waals surface area contributed by atoms with E-state index in [1.807, 2.05) is 31.2 Å². The Morgan fingerprint density at radius 3 is 2.58 bits per heavy atom. The number of carbonyl (C=O) groups is 2. The lowest BCUT2D eigenvalue weighted by Crippen LogP contribution is -2.22. The van der Waals surface area contributed by atoms with Gasteiger partial charge in [0.2, 0.25) is 0 Å². The SMILES string of the molecule is COc1ccc([N+](=O)[O-])cc1NC(=O)COC(=O)Cc1ccccc1C. The minimum Gasteiger partial charge on any atom is -0.495 e. The van der Waals surface area contributed by atoms with Crippen LogP contribution in [0.1, 0.15) is 11.1 Å². The van der Waals surface area contributed by atoms with Crippen molar-refractivity contribution in [3.63, 3.8) is 0 Å². The van der Waals surface area contributed by atoms with Crippen LogP contribution in [-0.2, 0) is 20.7 Å². The van der Waals surface area contributed by atoms with Crippen molar-refractivity contribution in [1.82, 2.24) is 0 Å². The van der Waals surface area contributed by atoms with Gasteiger partial charge in [0.25, 0.3) is 11.6 Å². The number of hydrogen-bond donors (Lipinski definition) is 1. The van der Waals surface area contributed by atoms with Gasteiger partial charge in [0, 0.05) is 12.1 Å². The number of ether oxygens (including phenoxy) is 2. The number of carbonyl (C=O) groups excluding carboxylic acids is 2. The highest BCUT2D eigenvalue weighted by atomic mass is 16.6. The van der Waals surface area contributed by atoms with E-state index in [1.165, 1.54) is 25.3 Å². The van der Waals surface area contributed by atoms with E-state index < -0.39 is 23.4 Å². The molecule has 0 radical (unpaired) electrons. The molecule has 2 aromatic carbocycles. The number of amides is 1. The predicted molar refractivity (Wildman–Crippen MR) is 94.1 cm³/mol. The van der Waals surface area contributed by atoms with E-state index in [0.29, 0.717) is 0 Å². The standard InChI is InChI=1S/C18H18N2O6/c1-12-5-3-4-6-13(12)9-18(22)26-11-17(21)19-15-10-14(20(23)24)7-8-16(15)25-2/h3-8,10H,9,11H2,1-2H3,(H,19,21). The number of nitro benzene ring substituents is 1. The number of anilines is 1. The number of benzene rings is 2. The van der Waals surface area contributed by atoms with Crippen molar-refractivity contribution < 1.29 is 24.0 Å². The van der Waals surface area contributed by atoms with Gasteiger partial charge in [0.05, 0.1) is 24.1 Å². The van der Waals surface area contributed by atoms with Crippen molar-refractivity contribution >= 4 is 23.3 Å². The average Bonchev–Trinajstić information content (AvgIpc) is 2.62. The first-order chi connectivity index (χ1) is 12.4. The Kier molecular flexibility index (Phi) is 6.26. The van der Waals surface area contributed by atoms with Crippen LogP contribution in [-0.4, -0.2) is 30.5 Å². The summed E-state index contributed by atoms with van der Waals surface area (Å²) in [6, 6.07) is 11.2. The zero-order valence-electron chi connectivity index (χ0n) is 14.4. The third-order valence-corrected chi connectivity index (χ3v) is 3.63. The summed E-state index contributed by atoms with van der Waals surface area (Å²) in [6.45, 7) is 1.38. The second kappa shape index (κ2) is 8.61. The summed E-state index contributed by atoms with van der Waals surface area (Å²) < 4.78 is 10.0. The maximum Gasteiger partial charge on any atom is 0.310 e. The van der Waals surface area contributed by atoms with Gasteiger partial charge in [-0.1, -0.05) is 24.3 Å². The highest BCUT2D eigenvalue weighted by Crippen LogP contribution is 2.28. The number of nitro groups is 1. The molecule has 8 heteroatoms. The van der Waals surface area contributed by atoms with Crippen LogP contribution in [0.25, 0.3) is 0 Å². The van der Waals surface area contributed by atoms with E-state index in [-0.39, 0.29) is 23.5 Å². The lowest BCUT2D eigenvalue weighted by atomic mass is 10.1. The topological polar surface area (TPSA) is 108 Å². The molecular weight excluding hydrogens is 340 g/mol. The number of nitrogens with one attached hydrogen (secondary N) is 1. The van der Waals surface area contributed by atoms with Gasteiger partial charge in [-0.2, -0.15) is 0 Å². The van der Waals surface area contributed by atoms with E-state index in [0.717, 1.165) is 11.1 Å². The molecule has 0 bridgehead atoms. The van der Waals surface area contributed by atoms with Gasteiger partial charge in [0.15, 0.2) is 6.61 Å². The van der Waals surface area contributed by atoms with Crippen LogP contribution in [0, 0.1) is 17.0 Å². The normalized spacial score (nSPS) is 10.1. The molecule has 0 heterocycles. The molecule has 0 aliphatic rings. The third-order valence-electron chi connectivity index (χ3n) is 3.63. The van der Waals surface area contributed by atoms with Crippen molar-refractivity contribution in [2.24, 2.45) is 0 Å². The van der Waals surface area contributed by atoms with E-state index in [9.17, 15) is 19.7 Å². The van der Waals surface area contributed by atoms with Gasteiger partial charge < -0.3 is 14.8 Å². The van der Waals surface area contributed by atoms with Gasteiger partial charge >= 0.3 is 5.97 Å². The molecule has 0 aliphatic carbocycles. The molecule has 1 N–H and O–H groups in total. The number of methoxy groups -OCH3 is 1. The van der Waals surface area contributed by atoms with Crippen LogP contribution >= 0.6 is 0 Å². The molecule has 26 heavy (non-hydrogen) atoms. The minimum absolute atomic E-state index is 0.0556. The summed E-state index contributed by atoms with van der Waals surface area (Å²) in [5, 5.41) is 13.3. The lowest BCUT2D eigenvalue weighted by Gasteiger charge is -2.10. The molecule has 8 nitrogen and oxygen atoms in total. The van der Waals surface area contributed by atoms with Crippen molar-refractivity contribution in [2.45, 2.75) is 13.3 Å². The number of non-ortho nitro benzene ring substituents is 1. The zero-order valence-corrected chi connectivity index (χ0v) is 14.4. The highest BCUT2D eigenvalue weighted by molar-refractivity contribution is 5.94. The Morgan fingerprint density at radius 2 is 1.92 bits per heavy atom. The fourth-order valence-corrected chi connectivity index (χ4v) is 2.25. The van der Waals surface area contributed by atoms with E-state index in [1.54, 1.807) is 0 Å². The van der Waals surface area contributed by atoms with Crippen molar-refractivity contribution in [1.29, 1.82) is 0 Å². The van der Waals surface area contributed by atoms with Crippen molar-refractivity contribution in [3.05, 3.63) is 63.7 Å². The van der Waals surface area contributed by atoms with Crippen LogP contribution in [0.4, 0.5) is 11.4 Å². The van der Waals surface area contributed by atoms with E-state index in [4.69, 9.17) is 9.47 Å². The largest absolute Gasteiger partial charge is 0.495 e. The first-order valence-electron chi connectivity index (χ1n) is 7.73. The Labute approximate surface area is 149 Å². The Hall–Kier alpha value is -3.42. The fourth-order valence-electron chi connectivity index (χ4n) is 2.25. The Bertz CT molecular complexity index is 834. The lowest BCUT2D eigenvalue weighted by molar-refractivity contribution is -0.384. The molecular formula is C18H18N2O6. The second-order valence-corrected chi connectivity index (χ2v) is 5.45. The average molecular weight is 358 g/mol. The maximum atomic E-state index is 12.0. The van der Waals surface area contributed by atoms with Crippen LogP contribution in [0.5, 0.6) is 5.75 Å². The van der Waals surface area contributed by atoms with Gasteiger partial charge in [-0.3, -0.25) is 19.7 Å². The molecule has 0 aromatic heterocycles. The van der Waals surface area contributed by atoms with Gasteiger partial charge in [-0.15, -0.1) is 0 Å². The van der Waals surface area contributed by atoms with E-state index in [2.05, 4.69) is 5.32 Å². The van der Waals surface area contributed by atoms with Crippen molar-refractivity contribution in [2.75, 3.05) is 19.0 Å². The van der Waals surface area contributed by atoms with Crippen LogP contribution in [0.3, 0.4) is 0 Å².